The van der Waals surface area contributed by atoms with Crippen LogP contribution in [0.25, 0.3) is 16.8 Å². The van der Waals surface area contributed by atoms with E-state index in [9.17, 15) is 0 Å². The Hall–Kier alpha value is -1.87. The van der Waals surface area contributed by atoms with Gasteiger partial charge in [0.2, 0.25) is 0 Å². The molecule has 0 radical (unpaired) electrons. The third-order valence-electron chi connectivity index (χ3n) is 3.03. The third-order valence-corrected chi connectivity index (χ3v) is 3.03. The molecule has 3 rings (SSSR count). The van der Waals surface area contributed by atoms with E-state index in [1.807, 2.05) is 6.07 Å². The molecule has 0 saturated heterocycles. The van der Waals surface area contributed by atoms with Crippen LogP contribution in [0.2, 0.25) is 0 Å². The van der Waals surface area contributed by atoms with E-state index in [4.69, 9.17) is 4.74 Å². The van der Waals surface area contributed by atoms with Gasteiger partial charge in [0.15, 0.2) is 0 Å². The number of ether oxygens (including phenoxy) is 1. The summed E-state index contributed by atoms with van der Waals surface area (Å²) in [5.74, 6) is 0. The maximum absolute atomic E-state index is 5.31. The van der Waals surface area contributed by atoms with Gasteiger partial charge in [0, 0.05) is 6.20 Å². The Balaban J connectivity index is 1.87. The van der Waals surface area contributed by atoms with Crippen molar-refractivity contribution in [3.8, 4) is 11.3 Å². The summed E-state index contributed by atoms with van der Waals surface area (Å²) in [6, 6.07) is 10.5. The number of rotatable bonds is 2. The monoisotopic (exact) mass is 226 g/mol. The molecule has 0 aliphatic carbocycles. The summed E-state index contributed by atoms with van der Waals surface area (Å²) in [4.78, 5) is 0. The van der Waals surface area contributed by atoms with Gasteiger partial charge in [-0.15, -0.1) is 0 Å². The summed E-state index contributed by atoms with van der Waals surface area (Å²) in [5.41, 5.74) is 4.89. The maximum atomic E-state index is 5.31. The van der Waals surface area contributed by atoms with Crippen molar-refractivity contribution in [3.63, 3.8) is 0 Å². The molecule has 2 heterocycles. The predicted molar refractivity (Wildman–Crippen MR) is 67.4 cm³/mol. The van der Waals surface area contributed by atoms with E-state index in [1.165, 1.54) is 16.7 Å². The normalized spacial score (nSPS) is 15.6. The fourth-order valence-electron chi connectivity index (χ4n) is 2.07. The minimum atomic E-state index is 0.734. The van der Waals surface area contributed by atoms with E-state index in [-0.39, 0.29) is 0 Å². The SMILES string of the molecule is C1=C(c2ccc(-c3ccn[nH]3)cc2)CCOC1. The van der Waals surface area contributed by atoms with Crippen LogP contribution in [0.5, 0.6) is 0 Å². The fourth-order valence-corrected chi connectivity index (χ4v) is 2.07. The number of nitrogens with one attached hydrogen (secondary N) is 1. The summed E-state index contributed by atoms with van der Waals surface area (Å²) in [6.07, 6.45) is 4.93. The molecule has 1 aliphatic rings. The molecule has 0 bridgehead atoms. The molecule has 1 aromatic carbocycles. The molecule has 3 nitrogen and oxygen atoms in total. The van der Waals surface area contributed by atoms with Gasteiger partial charge < -0.3 is 4.74 Å². The molecule has 0 amide bonds. The molecule has 0 spiro atoms. The molecule has 0 saturated carbocycles. The van der Waals surface area contributed by atoms with Gasteiger partial charge in [0.1, 0.15) is 0 Å². The number of aromatic nitrogens is 2. The van der Waals surface area contributed by atoms with Crippen molar-refractivity contribution in [2.24, 2.45) is 0 Å². The first-order valence-electron chi connectivity index (χ1n) is 5.80. The van der Waals surface area contributed by atoms with Gasteiger partial charge in [0.05, 0.1) is 18.9 Å². The molecule has 17 heavy (non-hydrogen) atoms. The van der Waals surface area contributed by atoms with Gasteiger partial charge in [-0.3, -0.25) is 5.10 Å². The summed E-state index contributed by atoms with van der Waals surface area (Å²) >= 11 is 0. The Labute approximate surface area is 100 Å². The predicted octanol–water partition coefficient (Wildman–Crippen LogP) is 2.88. The maximum Gasteiger partial charge on any atom is 0.0653 e. The van der Waals surface area contributed by atoms with E-state index < -0.39 is 0 Å². The highest BCUT2D eigenvalue weighted by Crippen LogP contribution is 2.24. The van der Waals surface area contributed by atoms with Crippen LogP contribution in [0.4, 0.5) is 0 Å². The second-order valence-electron chi connectivity index (χ2n) is 4.10. The summed E-state index contributed by atoms with van der Waals surface area (Å²) in [6.45, 7) is 1.56. The highest BCUT2D eigenvalue weighted by Gasteiger charge is 2.06. The number of nitrogens with zero attached hydrogens (tertiary/aromatic N) is 1. The first-order valence-corrected chi connectivity index (χ1v) is 5.80. The van der Waals surface area contributed by atoms with Crippen LogP contribution in [0.15, 0.2) is 42.6 Å². The van der Waals surface area contributed by atoms with Crippen LogP contribution in [0.1, 0.15) is 12.0 Å². The summed E-state index contributed by atoms with van der Waals surface area (Å²) < 4.78 is 5.31. The number of aromatic amines is 1. The average molecular weight is 226 g/mol. The van der Waals surface area contributed by atoms with Crippen LogP contribution >= 0.6 is 0 Å². The molecular weight excluding hydrogens is 212 g/mol. The molecule has 3 heteroatoms. The lowest BCUT2D eigenvalue weighted by Crippen LogP contribution is -2.03. The van der Waals surface area contributed by atoms with Crippen LogP contribution < -0.4 is 0 Å². The van der Waals surface area contributed by atoms with Gasteiger partial charge in [-0.1, -0.05) is 30.3 Å². The fraction of sp³-hybridized carbons (Fsp3) is 0.214. The summed E-state index contributed by atoms with van der Waals surface area (Å²) in [5, 5.41) is 6.93. The molecule has 0 fully saturated rings. The van der Waals surface area contributed by atoms with Gasteiger partial charge in [0.25, 0.3) is 0 Å². The zero-order valence-electron chi connectivity index (χ0n) is 9.52. The molecular formula is C14H14N2O. The number of hydrogen-bond acceptors (Lipinski definition) is 2. The lowest BCUT2D eigenvalue weighted by molar-refractivity contribution is 0.161. The van der Waals surface area contributed by atoms with Gasteiger partial charge >= 0.3 is 0 Å². The van der Waals surface area contributed by atoms with Crippen LogP contribution in [-0.2, 0) is 4.74 Å². The average Bonchev–Trinajstić information content (AvgIpc) is 2.94. The number of H-pyrrole nitrogens is 1. The molecule has 1 aliphatic heterocycles. The molecule has 2 aromatic rings. The second-order valence-corrected chi connectivity index (χ2v) is 4.10. The van der Waals surface area contributed by atoms with Crippen molar-refractivity contribution in [1.82, 2.24) is 10.2 Å². The minimum absolute atomic E-state index is 0.734. The van der Waals surface area contributed by atoms with Crippen molar-refractivity contribution < 1.29 is 4.74 Å². The van der Waals surface area contributed by atoms with Crippen molar-refractivity contribution in [2.75, 3.05) is 13.2 Å². The Kier molecular flexibility index (Phi) is 2.76. The molecule has 86 valence electrons. The van der Waals surface area contributed by atoms with Crippen molar-refractivity contribution in [3.05, 3.63) is 48.2 Å². The molecule has 1 N–H and O–H groups in total. The lowest BCUT2D eigenvalue weighted by Gasteiger charge is -2.13. The van der Waals surface area contributed by atoms with Crippen molar-refractivity contribution in [2.45, 2.75) is 6.42 Å². The molecule has 0 unspecified atom stereocenters. The standard InChI is InChI=1S/C14H14N2O/c1-3-13(14-5-8-15-16-14)4-2-11(1)12-6-9-17-10-7-12/h1-6,8H,7,9-10H2,(H,15,16). The largest absolute Gasteiger partial charge is 0.377 e. The lowest BCUT2D eigenvalue weighted by atomic mass is 10.00. The van der Waals surface area contributed by atoms with Crippen molar-refractivity contribution >= 4 is 5.57 Å². The van der Waals surface area contributed by atoms with E-state index in [2.05, 4.69) is 40.5 Å². The van der Waals surface area contributed by atoms with Gasteiger partial charge in [-0.2, -0.15) is 5.10 Å². The third kappa shape index (κ3) is 2.15. The Morgan fingerprint density at radius 1 is 1.06 bits per heavy atom. The van der Waals surface area contributed by atoms with E-state index in [0.29, 0.717) is 0 Å². The molecule has 0 atom stereocenters. The Bertz CT molecular complexity index is 512. The van der Waals surface area contributed by atoms with Crippen molar-refractivity contribution in [1.29, 1.82) is 0 Å². The Morgan fingerprint density at radius 2 is 1.88 bits per heavy atom. The van der Waals surface area contributed by atoms with E-state index in [0.717, 1.165) is 25.3 Å². The van der Waals surface area contributed by atoms with Crippen LogP contribution in [0.3, 0.4) is 0 Å². The Morgan fingerprint density at radius 3 is 2.53 bits per heavy atom. The quantitative estimate of drug-likeness (QED) is 0.855. The first kappa shape index (κ1) is 10.3. The van der Waals surface area contributed by atoms with E-state index in [1.54, 1.807) is 6.20 Å². The number of benzene rings is 1. The zero-order chi connectivity index (χ0) is 11.5. The highest BCUT2D eigenvalue weighted by molar-refractivity contribution is 5.69. The second kappa shape index (κ2) is 4.55. The van der Waals surface area contributed by atoms with Crippen LogP contribution in [-0.4, -0.2) is 23.4 Å². The highest BCUT2D eigenvalue weighted by atomic mass is 16.5. The smallest absolute Gasteiger partial charge is 0.0653 e. The topological polar surface area (TPSA) is 37.9 Å². The first-order chi connectivity index (χ1) is 8.43. The van der Waals surface area contributed by atoms with Gasteiger partial charge in [-0.25, -0.2) is 0 Å². The summed E-state index contributed by atoms with van der Waals surface area (Å²) in [7, 11) is 0. The number of hydrogen-bond donors (Lipinski definition) is 1. The van der Waals surface area contributed by atoms with E-state index >= 15 is 0 Å². The van der Waals surface area contributed by atoms with Gasteiger partial charge in [-0.05, 0) is 29.2 Å². The molecule has 1 aromatic heterocycles. The minimum Gasteiger partial charge on any atom is -0.377 e. The zero-order valence-corrected chi connectivity index (χ0v) is 9.52. The van der Waals surface area contributed by atoms with Crippen LogP contribution in [0, 0.1) is 0 Å².